The molecular formula is C17H24N2O2. The first-order chi connectivity index (χ1) is 10.0. The summed E-state index contributed by atoms with van der Waals surface area (Å²) in [6, 6.07) is 7.95. The van der Waals surface area contributed by atoms with Gasteiger partial charge in [0.2, 0.25) is 0 Å². The highest BCUT2D eigenvalue weighted by molar-refractivity contribution is 5.26. The van der Waals surface area contributed by atoms with Gasteiger partial charge in [0, 0.05) is 18.9 Å². The van der Waals surface area contributed by atoms with Crippen molar-refractivity contribution in [1.29, 1.82) is 0 Å². The van der Waals surface area contributed by atoms with Gasteiger partial charge in [-0.1, -0.05) is 45.0 Å². The van der Waals surface area contributed by atoms with E-state index in [-0.39, 0.29) is 12.2 Å². The minimum atomic E-state index is -0.665. The van der Waals surface area contributed by atoms with Crippen molar-refractivity contribution in [2.45, 2.75) is 52.3 Å². The summed E-state index contributed by atoms with van der Waals surface area (Å²) in [4.78, 5) is 12.1. The number of aromatic nitrogens is 2. The minimum Gasteiger partial charge on any atom is -0.387 e. The van der Waals surface area contributed by atoms with E-state index in [9.17, 15) is 9.90 Å². The summed E-state index contributed by atoms with van der Waals surface area (Å²) in [7, 11) is 0. The molecule has 2 rings (SSSR count). The Morgan fingerprint density at radius 3 is 2.19 bits per heavy atom. The van der Waals surface area contributed by atoms with Crippen LogP contribution in [0.3, 0.4) is 0 Å². The Labute approximate surface area is 125 Å². The molecular weight excluding hydrogens is 264 g/mol. The number of aliphatic hydroxyl groups is 1. The van der Waals surface area contributed by atoms with Gasteiger partial charge in [-0.3, -0.25) is 9.13 Å². The van der Waals surface area contributed by atoms with Crippen molar-refractivity contribution >= 4 is 0 Å². The van der Waals surface area contributed by atoms with Crippen molar-refractivity contribution in [1.82, 2.24) is 9.13 Å². The number of rotatable bonds is 6. The van der Waals surface area contributed by atoms with Crippen LogP contribution in [-0.4, -0.2) is 14.2 Å². The maximum absolute atomic E-state index is 12.1. The molecule has 0 spiro atoms. The molecule has 1 aromatic carbocycles. The number of imidazole rings is 1. The van der Waals surface area contributed by atoms with Gasteiger partial charge in [-0.2, -0.15) is 0 Å². The monoisotopic (exact) mass is 288 g/mol. The van der Waals surface area contributed by atoms with E-state index < -0.39 is 6.10 Å². The van der Waals surface area contributed by atoms with Gasteiger partial charge in [0.25, 0.3) is 0 Å². The van der Waals surface area contributed by atoms with Crippen LogP contribution in [0.25, 0.3) is 0 Å². The maximum atomic E-state index is 12.1. The van der Waals surface area contributed by atoms with E-state index in [2.05, 4.69) is 13.8 Å². The first-order valence-electron chi connectivity index (χ1n) is 7.56. The highest BCUT2D eigenvalue weighted by atomic mass is 16.3. The summed E-state index contributed by atoms with van der Waals surface area (Å²) in [6.45, 7) is 7.32. The average Bonchev–Trinajstić information content (AvgIpc) is 2.81. The second-order valence-corrected chi connectivity index (χ2v) is 5.76. The second kappa shape index (κ2) is 6.76. The second-order valence-electron chi connectivity index (χ2n) is 5.76. The van der Waals surface area contributed by atoms with Crippen molar-refractivity contribution in [2.75, 3.05) is 0 Å². The summed E-state index contributed by atoms with van der Waals surface area (Å²) >= 11 is 0. The van der Waals surface area contributed by atoms with Crippen molar-refractivity contribution in [3.63, 3.8) is 0 Å². The lowest BCUT2D eigenvalue weighted by atomic mass is 10.00. The Kier molecular flexibility index (Phi) is 5.02. The highest BCUT2D eigenvalue weighted by Gasteiger charge is 2.11. The van der Waals surface area contributed by atoms with Crippen LogP contribution in [0.5, 0.6) is 0 Å². The number of nitrogens with zero attached hydrogens (tertiary/aromatic N) is 2. The molecule has 1 N–H and O–H groups in total. The third-order valence-corrected chi connectivity index (χ3v) is 3.74. The molecule has 0 amide bonds. The fourth-order valence-corrected chi connectivity index (χ4v) is 2.40. The van der Waals surface area contributed by atoms with Gasteiger partial charge >= 0.3 is 5.69 Å². The largest absolute Gasteiger partial charge is 0.387 e. The Morgan fingerprint density at radius 2 is 1.62 bits per heavy atom. The van der Waals surface area contributed by atoms with Crippen molar-refractivity contribution in [3.05, 3.63) is 58.3 Å². The van der Waals surface area contributed by atoms with Gasteiger partial charge in [-0.15, -0.1) is 0 Å². The number of aryl methyl sites for hydroxylation is 1. The van der Waals surface area contributed by atoms with Gasteiger partial charge in [0.15, 0.2) is 0 Å². The molecule has 0 fully saturated rings. The third-order valence-electron chi connectivity index (χ3n) is 3.74. The van der Waals surface area contributed by atoms with Crippen molar-refractivity contribution < 1.29 is 5.11 Å². The summed E-state index contributed by atoms with van der Waals surface area (Å²) in [5, 5.41) is 10.3. The molecule has 1 atom stereocenters. The zero-order valence-electron chi connectivity index (χ0n) is 13.0. The number of aliphatic hydroxyl groups excluding tert-OH is 1. The standard InChI is InChI=1S/C17H24N2O2/c1-4-9-18-10-11-19(17(18)21)12-16(20)15-7-5-14(6-8-15)13(2)3/h5-8,10-11,13,16,20H,4,9,12H2,1-3H3. The van der Waals surface area contributed by atoms with Gasteiger partial charge < -0.3 is 5.11 Å². The molecule has 4 heteroatoms. The Hall–Kier alpha value is -1.81. The SMILES string of the molecule is CCCn1ccn(CC(O)c2ccc(C(C)C)cc2)c1=O. The highest BCUT2D eigenvalue weighted by Crippen LogP contribution is 2.19. The lowest BCUT2D eigenvalue weighted by Crippen LogP contribution is -2.26. The van der Waals surface area contributed by atoms with Gasteiger partial charge in [0.1, 0.15) is 0 Å². The van der Waals surface area contributed by atoms with Gasteiger partial charge in [-0.25, -0.2) is 4.79 Å². The van der Waals surface area contributed by atoms with Gasteiger partial charge in [-0.05, 0) is 23.5 Å². The van der Waals surface area contributed by atoms with Crippen LogP contribution < -0.4 is 5.69 Å². The topological polar surface area (TPSA) is 47.2 Å². The molecule has 0 bridgehead atoms. The Balaban J connectivity index is 2.10. The van der Waals surface area contributed by atoms with Crippen LogP contribution in [0.4, 0.5) is 0 Å². The summed E-state index contributed by atoms with van der Waals surface area (Å²) in [5.74, 6) is 0.474. The van der Waals surface area contributed by atoms with Crippen LogP contribution in [0, 0.1) is 0 Å². The first-order valence-corrected chi connectivity index (χ1v) is 7.56. The fraction of sp³-hybridized carbons (Fsp3) is 0.471. The molecule has 0 aliphatic carbocycles. The first kappa shape index (κ1) is 15.6. The predicted octanol–water partition coefficient (Wildman–Crippen LogP) is 2.92. The van der Waals surface area contributed by atoms with Gasteiger partial charge in [0.05, 0.1) is 12.6 Å². The number of hydrogen-bond donors (Lipinski definition) is 1. The zero-order valence-corrected chi connectivity index (χ0v) is 13.0. The van der Waals surface area contributed by atoms with Crippen molar-refractivity contribution in [3.8, 4) is 0 Å². The van der Waals surface area contributed by atoms with E-state index >= 15 is 0 Å². The molecule has 1 aromatic heterocycles. The lowest BCUT2D eigenvalue weighted by molar-refractivity contribution is 0.155. The summed E-state index contributed by atoms with van der Waals surface area (Å²) in [5.41, 5.74) is 2.03. The molecule has 0 aliphatic heterocycles. The normalized spacial score (nSPS) is 12.8. The van der Waals surface area contributed by atoms with E-state index in [1.165, 1.54) is 5.56 Å². The van der Waals surface area contributed by atoms with Crippen LogP contribution in [0.2, 0.25) is 0 Å². The summed E-state index contributed by atoms with van der Waals surface area (Å²) < 4.78 is 3.24. The molecule has 0 aliphatic rings. The van der Waals surface area contributed by atoms with Crippen LogP contribution in [-0.2, 0) is 13.1 Å². The van der Waals surface area contributed by atoms with E-state index in [1.807, 2.05) is 31.2 Å². The molecule has 0 saturated carbocycles. The molecule has 1 heterocycles. The molecule has 21 heavy (non-hydrogen) atoms. The van der Waals surface area contributed by atoms with E-state index in [0.29, 0.717) is 12.5 Å². The third kappa shape index (κ3) is 3.64. The molecule has 1 unspecified atom stereocenters. The Bertz CT molecular complexity index is 623. The smallest absolute Gasteiger partial charge is 0.328 e. The quantitative estimate of drug-likeness (QED) is 0.888. The van der Waals surface area contributed by atoms with E-state index in [1.54, 1.807) is 21.5 Å². The van der Waals surface area contributed by atoms with E-state index in [0.717, 1.165) is 12.0 Å². The molecule has 0 radical (unpaired) electrons. The number of hydrogen-bond acceptors (Lipinski definition) is 2. The lowest BCUT2D eigenvalue weighted by Gasteiger charge is -2.13. The minimum absolute atomic E-state index is 0.0605. The maximum Gasteiger partial charge on any atom is 0.328 e. The molecule has 4 nitrogen and oxygen atoms in total. The molecule has 0 saturated heterocycles. The molecule has 2 aromatic rings. The zero-order chi connectivity index (χ0) is 15.4. The van der Waals surface area contributed by atoms with Crippen LogP contribution in [0.1, 0.15) is 50.3 Å². The fourth-order valence-electron chi connectivity index (χ4n) is 2.40. The van der Waals surface area contributed by atoms with Crippen LogP contribution in [0.15, 0.2) is 41.5 Å². The predicted molar refractivity (Wildman–Crippen MR) is 84.5 cm³/mol. The summed E-state index contributed by atoms with van der Waals surface area (Å²) in [6.07, 6.45) is 3.77. The van der Waals surface area contributed by atoms with Crippen molar-refractivity contribution in [2.24, 2.45) is 0 Å². The molecule has 114 valence electrons. The van der Waals surface area contributed by atoms with E-state index in [4.69, 9.17) is 0 Å². The van der Waals surface area contributed by atoms with Crippen LogP contribution >= 0.6 is 0 Å². The number of benzene rings is 1. The average molecular weight is 288 g/mol. The Morgan fingerprint density at radius 1 is 1.05 bits per heavy atom.